The van der Waals surface area contributed by atoms with Gasteiger partial charge >= 0.3 is 0 Å². The average Bonchev–Trinajstić information content (AvgIpc) is 2.68. The first-order valence-corrected chi connectivity index (χ1v) is 6.69. The molecule has 0 aromatic carbocycles. The van der Waals surface area contributed by atoms with Crippen LogP contribution in [-0.2, 0) is 4.79 Å². The number of hydrogen-bond acceptors (Lipinski definition) is 4. The molecule has 94 valence electrons. The summed E-state index contributed by atoms with van der Waals surface area (Å²) in [6.07, 6.45) is 1.98. The topological polar surface area (TPSA) is 59.2 Å². The van der Waals surface area contributed by atoms with Gasteiger partial charge in [-0.3, -0.25) is 4.79 Å². The first-order chi connectivity index (χ1) is 7.80. The van der Waals surface area contributed by atoms with Crippen LogP contribution in [0.15, 0.2) is 6.20 Å². The third-order valence-corrected chi connectivity index (χ3v) is 4.02. The largest absolute Gasteiger partial charge is 0.327 e. The van der Waals surface area contributed by atoms with Gasteiger partial charge in [0.25, 0.3) is 0 Å². The molecule has 1 aromatic rings. The van der Waals surface area contributed by atoms with E-state index < -0.39 is 0 Å². The molecule has 2 atom stereocenters. The maximum Gasteiger partial charge on any atom is 0.225 e. The molecule has 0 radical (unpaired) electrons. The van der Waals surface area contributed by atoms with E-state index in [0.29, 0.717) is 10.8 Å². The first-order valence-electron chi connectivity index (χ1n) is 5.49. The fourth-order valence-corrected chi connectivity index (χ4v) is 3.34. The molecule has 2 rings (SSSR count). The number of thiazole rings is 1. The minimum Gasteiger partial charge on any atom is -0.327 e. The standard InChI is InChI=1S/C11H16ClN3OS/c1-11(2,3)15-8(16)4-6(13)9(15)10-14-5-7(12)17-10/h5-6,9H,4,13H2,1-3H3. The van der Waals surface area contributed by atoms with Crippen molar-refractivity contribution in [3.8, 4) is 0 Å². The van der Waals surface area contributed by atoms with Crippen LogP contribution in [0.1, 0.15) is 38.2 Å². The van der Waals surface area contributed by atoms with Gasteiger partial charge in [-0.25, -0.2) is 4.98 Å². The Hall–Kier alpha value is -0.650. The second-order valence-electron chi connectivity index (χ2n) is 5.25. The normalized spacial score (nSPS) is 25.7. The molecule has 1 aliphatic heterocycles. The van der Waals surface area contributed by atoms with E-state index in [1.54, 1.807) is 6.20 Å². The molecule has 0 saturated carbocycles. The van der Waals surface area contributed by atoms with Crippen LogP contribution < -0.4 is 5.73 Å². The number of carbonyl (C=O) groups excluding carboxylic acids is 1. The molecule has 2 heterocycles. The summed E-state index contributed by atoms with van der Waals surface area (Å²) >= 11 is 7.29. The Labute approximate surface area is 110 Å². The number of carbonyl (C=O) groups is 1. The van der Waals surface area contributed by atoms with Crippen molar-refractivity contribution in [2.45, 2.75) is 44.8 Å². The molecule has 6 heteroatoms. The zero-order chi connectivity index (χ0) is 12.8. The molecule has 1 fully saturated rings. The summed E-state index contributed by atoms with van der Waals surface area (Å²) in [5.74, 6) is 0.0846. The van der Waals surface area contributed by atoms with Crippen molar-refractivity contribution >= 4 is 28.8 Å². The van der Waals surface area contributed by atoms with Gasteiger partial charge in [-0.15, -0.1) is 11.3 Å². The quantitative estimate of drug-likeness (QED) is 0.853. The van der Waals surface area contributed by atoms with Gasteiger partial charge in [0, 0.05) is 18.0 Å². The maximum absolute atomic E-state index is 12.0. The minimum absolute atomic E-state index is 0.0846. The predicted octanol–water partition coefficient (Wildman–Crippen LogP) is 2.20. The zero-order valence-corrected chi connectivity index (χ0v) is 11.7. The summed E-state index contributed by atoms with van der Waals surface area (Å²) < 4.78 is 0.625. The third kappa shape index (κ3) is 2.32. The Morgan fingerprint density at radius 2 is 2.24 bits per heavy atom. The van der Waals surface area contributed by atoms with Crippen molar-refractivity contribution in [3.63, 3.8) is 0 Å². The van der Waals surface area contributed by atoms with Gasteiger partial charge in [-0.05, 0) is 20.8 Å². The van der Waals surface area contributed by atoms with Crippen LogP contribution >= 0.6 is 22.9 Å². The van der Waals surface area contributed by atoms with Crippen LogP contribution in [0.25, 0.3) is 0 Å². The molecule has 2 N–H and O–H groups in total. The van der Waals surface area contributed by atoms with Crippen LogP contribution in [-0.4, -0.2) is 27.4 Å². The summed E-state index contributed by atoms with van der Waals surface area (Å²) in [5.41, 5.74) is 5.80. The summed E-state index contributed by atoms with van der Waals surface area (Å²) in [5, 5.41) is 0.822. The molecule has 0 spiro atoms. The van der Waals surface area contributed by atoms with Crippen molar-refractivity contribution in [2.75, 3.05) is 0 Å². The molecule has 1 aliphatic rings. The van der Waals surface area contributed by atoms with Crippen molar-refractivity contribution in [3.05, 3.63) is 15.5 Å². The van der Waals surface area contributed by atoms with E-state index in [0.717, 1.165) is 5.01 Å². The van der Waals surface area contributed by atoms with E-state index in [4.69, 9.17) is 17.3 Å². The fourth-order valence-electron chi connectivity index (χ4n) is 2.25. The second kappa shape index (κ2) is 4.23. The lowest BCUT2D eigenvalue weighted by Crippen LogP contribution is -2.45. The van der Waals surface area contributed by atoms with E-state index >= 15 is 0 Å². The van der Waals surface area contributed by atoms with Crippen molar-refractivity contribution in [1.82, 2.24) is 9.88 Å². The van der Waals surface area contributed by atoms with Gasteiger partial charge < -0.3 is 10.6 Å². The molecule has 17 heavy (non-hydrogen) atoms. The number of likely N-dealkylation sites (tertiary alicyclic amines) is 1. The zero-order valence-electron chi connectivity index (χ0n) is 10.1. The summed E-state index contributed by atoms with van der Waals surface area (Å²) in [6.45, 7) is 6.02. The SMILES string of the molecule is CC(C)(C)N1C(=O)CC(N)C1c1ncc(Cl)s1. The van der Waals surface area contributed by atoms with Crippen LogP contribution in [0, 0.1) is 0 Å². The number of hydrogen-bond donors (Lipinski definition) is 1. The number of nitrogens with two attached hydrogens (primary N) is 1. The van der Waals surface area contributed by atoms with Crippen LogP contribution in [0.3, 0.4) is 0 Å². The van der Waals surface area contributed by atoms with Crippen molar-refractivity contribution < 1.29 is 4.79 Å². The Morgan fingerprint density at radius 1 is 1.59 bits per heavy atom. The van der Waals surface area contributed by atoms with E-state index in [1.165, 1.54) is 11.3 Å². The molecule has 0 aliphatic carbocycles. The molecule has 1 amide bonds. The molecule has 4 nitrogen and oxygen atoms in total. The Balaban J connectivity index is 2.39. The van der Waals surface area contributed by atoms with E-state index in [9.17, 15) is 4.79 Å². The lowest BCUT2D eigenvalue weighted by atomic mass is 10.0. The van der Waals surface area contributed by atoms with E-state index in [2.05, 4.69) is 4.98 Å². The van der Waals surface area contributed by atoms with Crippen molar-refractivity contribution in [2.24, 2.45) is 5.73 Å². The third-order valence-electron chi connectivity index (χ3n) is 2.83. The monoisotopic (exact) mass is 273 g/mol. The minimum atomic E-state index is -0.256. The highest BCUT2D eigenvalue weighted by Crippen LogP contribution is 2.39. The first kappa shape index (κ1) is 12.8. The number of nitrogens with zero attached hydrogens (tertiary/aromatic N) is 2. The van der Waals surface area contributed by atoms with Gasteiger partial charge in [0.15, 0.2) is 0 Å². The summed E-state index contributed by atoms with van der Waals surface area (Å²) in [7, 11) is 0. The highest BCUT2D eigenvalue weighted by molar-refractivity contribution is 7.15. The number of rotatable bonds is 1. The lowest BCUT2D eigenvalue weighted by molar-refractivity contribution is -0.133. The van der Waals surface area contributed by atoms with Crippen LogP contribution in [0.2, 0.25) is 4.34 Å². The smallest absolute Gasteiger partial charge is 0.225 e. The van der Waals surface area contributed by atoms with Gasteiger partial charge in [0.1, 0.15) is 9.34 Å². The highest BCUT2D eigenvalue weighted by atomic mass is 35.5. The molecule has 2 unspecified atom stereocenters. The van der Waals surface area contributed by atoms with E-state index in [-0.39, 0.29) is 23.5 Å². The van der Waals surface area contributed by atoms with E-state index in [1.807, 2.05) is 25.7 Å². The number of halogens is 1. The Morgan fingerprint density at radius 3 is 2.71 bits per heavy atom. The second-order valence-corrected chi connectivity index (χ2v) is 6.94. The lowest BCUT2D eigenvalue weighted by Gasteiger charge is -2.37. The Bertz CT molecular complexity index is 440. The molecule has 1 saturated heterocycles. The van der Waals surface area contributed by atoms with Gasteiger partial charge in [0.2, 0.25) is 5.91 Å². The summed E-state index contributed by atoms with van der Waals surface area (Å²) in [6, 6.07) is -0.357. The van der Waals surface area contributed by atoms with Gasteiger partial charge in [0.05, 0.1) is 12.2 Å². The van der Waals surface area contributed by atoms with Gasteiger partial charge in [-0.1, -0.05) is 11.6 Å². The van der Waals surface area contributed by atoms with Gasteiger partial charge in [-0.2, -0.15) is 0 Å². The highest BCUT2D eigenvalue weighted by Gasteiger charge is 2.45. The number of amides is 1. The molecular weight excluding hydrogens is 258 g/mol. The van der Waals surface area contributed by atoms with Crippen molar-refractivity contribution in [1.29, 1.82) is 0 Å². The molecule has 0 bridgehead atoms. The summed E-state index contributed by atoms with van der Waals surface area (Å²) in [4.78, 5) is 18.1. The Kier molecular flexibility index (Phi) is 3.18. The van der Waals surface area contributed by atoms with Crippen LogP contribution in [0.5, 0.6) is 0 Å². The fraction of sp³-hybridized carbons (Fsp3) is 0.636. The average molecular weight is 274 g/mol. The maximum atomic E-state index is 12.0. The molecule has 1 aromatic heterocycles. The predicted molar refractivity (Wildman–Crippen MR) is 69.1 cm³/mol. The molecular formula is C11H16ClN3OS. The van der Waals surface area contributed by atoms with Crippen LogP contribution in [0.4, 0.5) is 0 Å². The number of aromatic nitrogens is 1.